The summed E-state index contributed by atoms with van der Waals surface area (Å²) in [5.41, 5.74) is 0. The fourth-order valence-corrected chi connectivity index (χ4v) is 1.85. The van der Waals surface area contributed by atoms with Gasteiger partial charge < -0.3 is 0 Å². The molecule has 0 fully saturated rings. The lowest BCUT2D eigenvalue weighted by molar-refractivity contribution is 0.689. The van der Waals surface area contributed by atoms with Gasteiger partial charge in [0, 0.05) is 6.20 Å². The second-order valence-electron chi connectivity index (χ2n) is 1.57. The molecule has 10 heavy (non-hydrogen) atoms. The minimum Gasteiger partial charge on any atom is -0.246 e. The molecular formula is C6H7NOS2. The summed E-state index contributed by atoms with van der Waals surface area (Å²) >= 11 is 0. The van der Waals surface area contributed by atoms with Crippen molar-refractivity contribution in [2.24, 2.45) is 0 Å². The first-order valence-corrected chi connectivity index (χ1v) is 5.61. The summed E-state index contributed by atoms with van der Waals surface area (Å²) in [6.45, 7) is 0. The molecule has 1 rings (SSSR count). The van der Waals surface area contributed by atoms with Gasteiger partial charge in [0.05, 0.1) is 0 Å². The van der Waals surface area contributed by atoms with Gasteiger partial charge in [-0.3, -0.25) is 0 Å². The molecule has 0 saturated heterocycles. The molecule has 0 aliphatic heterocycles. The maximum atomic E-state index is 11.0. The number of rotatable bonds is 2. The van der Waals surface area contributed by atoms with Crippen LogP contribution in [0.1, 0.15) is 0 Å². The molecule has 0 aliphatic carbocycles. The molecular weight excluding hydrogens is 166 g/mol. The van der Waals surface area contributed by atoms with Gasteiger partial charge in [-0.1, -0.05) is 16.9 Å². The average molecular weight is 173 g/mol. The van der Waals surface area contributed by atoms with Crippen LogP contribution in [0.3, 0.4) is 0 Å². The minimum absolute atomic E-state index is 0.634. The van der Waals surface area contributed by atoms with Crippen molar-refractivity contribution >= 4 is 20.6 Å². The summed E-state index contributed by atoms with van der Waals surface area (Å²) in [6.07, 6.45) is 3.44. The molecule has 1 aromatic heterocycles. The van der Waals surface area contributed by atoms with Crippen LogP contribution in [0.5, 0.6) is 0 Å². The molecule has 1 atom stereocenters. The van der Waals surface area contributed by atoms with Crippen LogP contribution in [-0.2, 0) is 9.83 Å². The Kier molecular flexibility index (Phi) is 2.89. The summed E-state index contributed by atoms with van der Waals surface area (Å²) in [5, 5.41) is 0.634. The molecule has 0 amide bonds. The van der Waals surface area contributed by atoms with Gasteiger partial charge in [0.1, 0.15) is 14.9 Å². The highest BCUT2D eigenvalue weighted by atomic mass is 33.1. The number of hydrogen-bond donors (Lipinski definition) is 0. The van der Waals surface area contributed by atoms with Gasteiger partial charge in [0.2, 0.25) is 0 Å². The molecule has 2 nitrogen and oxygen atoms in total. The van der Waals surface area contributed by atoms with Crippen LogP contribution in [0.2, 0.25) is 0 Å². The Morgan fingerprint density at radius 1 is 1.60 bits per heavy atom. The predicted octanol–water partition coefficient (Wildman–Crippen LogP) is 1.47. The zero-order valence-corrected chi connectivity index (χ0v) is 7.11. The van der Waals surface area contributed by atoms with Crippen molar-refractivity contribution in [2.45, 2.75) is 5.03 Å². The number of hydrogen-bond acceptors (Lipinski definition) is 3. The van der Waals surface area contributed by atoms with Gasteiger partial charge in [-0.05, 0) is 18.4 Å². The van der Waals surface area contributed by atoms with Crippen LogP contribution in [0.15, 0.2) is 29.4 Å². The van der Waals surface area contributed by atoms with Gasteiger partial charge in [0.15, 0.2) is 0 Å². The van der Waals surface area contributed by atoms with Gasteiger partial charge in [0.25, 0.3) is 0 Å². The summed E-state index contributed by atoms with van der Waals surface area (Å²) in [7, 11) is 0.303. The smallest absolute Gasteiger partial charge is 0.138 e. The summed E-state index contributed by atoms with van der Waals surface area (Å²) in [4.78, 5) is 3.93. The van der Waals surface area contributed by atoms with Crippen molar-refractivity contribution in [3.63, 3.8) is 0 Å². The quantitative estimate of drug-likeness (QED) is 0.634. The molecule has 0 aromatic carbocycles. The highest BCUT2D eigenvalue weighted by Crippen LogP contribution is 2.11. The zero-order chi connectivity index (χ0) is 7.40. The molecule has 54 valence electrons. The summed E-state index contributed by atoms with van der Waals surface area (Å²) in [5.74, 6) is 0. The molecule has 0 spiro atoms. The second-order valence-corrected chi connectivity index (χ2v) is 4.70. The zero-order valence-electron chi connectivity index (χ0n) is 5.48. The number of pyridine rings is 1. The number of aromatic nitrogens is 1. The molecule has 0 N–H and O–H groups in total. The molecule has 0 unspecified atom stereocenters. The Labute approximate surface area is 65.9 Å². The molecule has 0 saturated carbocycles. The first kappa shape index (κ1) is 7.75. The van der Waals surface area contributed by atoms with Gasteiger partial charge >= 0.3 is 0 Å². The monoisotopic (exact) mass is 173 g/mol. The predicted molar refractivity (Wildman–Crippen MR) is 44.2 cm³/mol. The lowest BCUT2D eigenvalue weighted by Crippen LogP contribution is -1.86. The maximum absolute atomic E-state index is 11.0. The van der Waals surface area contributed by atoms with Gasteiger partial charge in [-0.25, -0.2) is 9.19 Å². The molecule has 0 bridgehead atoms. The van der Waals surface area contributed by atoms with E-state index in [-0.39, 0.29) is 0 Å². The third kappa shape index (κ3) is 1.82. The molecule has 4 heteroatoms. The van der Waals surface area contributed by atoms with Crippen LogP contribution in [0, 0.1) is 0 Å². The van der Waals surface area contributed by atoms with E-state index in [1.807, 2.05) is 6.07 Å². The van der Waals surface area contributed by atoms with E-state index >= 15 is 0 Å². The van der Waals surface area contributed by atoms with Crippen molar-refractivity contribution in [3.05, 3.63) is 24.4 Å². The number of nitrogens with zero attached hydrogens (tertiary/aromatic N) is 1. The lowest BCUT2D eigenvalue weighted by Gasteiger charge is -1.93. The third-order valence-corrected chi connectivity index (χ3v) is 3.27. The van der Waals surface area contributed by atoms with Crippen LogP contribution < -0.4 is 0 Å². The molecule has 1 aromatic rings. The lowest BCUT2D eigenvalue weighted by atomic mass is 10.5. The van der Waals surface area contributed by atoms with E-state index in [1.165, 1.54) is 10.8 Å². The Morgan fingerprint density at radius 2 is 2.40 bits per heavy atom. The average Bonchev–Trinajstić information content (AvgIpc) is 2.05. The van der Waals surface area contributed by atoms with Crippen LogP contribution >= 0.6 is 10.8 Å². The Hall–Kier alpha value is -0.350. The van der Waals surface area contributed by atoms with Crippen molar-refractivity contribution < 1.29 is 4.21 Å². The van der Waals surface area contributed by atoms with E-state index in [4.69, 9.17) is 0 Å². The summed E-state index contributed by atoms with van der Waals surface area (Å²) < 4.78 is 11.0. The van der Waals surface area contributed by atoms with Crippen LogP contribution in [0.4, 0.5) is 0 Å². The Morgan fingerprint density at radius 3 is 2.90 bits per heavy atom. The first-order chi connectivity index (χ1) is 4.84. The van der Waals surface area contributed by atoms with Crippen molar-refractivity contribution in [1.82, 2.24) is 4.98 Å². The maximum Gasteiger partial charge on any atom is 0.138 e. The fourth-order valence-electron chi connectivity index (χ4n) is 0.531. The van der Waals surface area contributed by atoms with Crippen molar-refractivity contribution in [1.29, 1.82) is 0 Å². The SMILES string of the molecule is CS[S@](=O)c1ccccn1. The first-order valence-electron chi connectivity index (χ1n) is 2.72. The Balaban J connectivity index is 2.85. The second kappa shape index (κ2) is 3.73. The van der Waals surface area contributed by atoms with Crippen molar-refractivity contribution in [3.8, 4) is 0 Å². The van der Waals surface area contributed by atoms with E-state index < -0.39 is 9.83 Å². The van der Waals surface area contributed by atoms with E-state index in [9.17, 15) is 4.21 Å². The standard InChI is InChI=1S/C6H7NOS2/c1-9-10(8)6-4-2-3-5-7-6/h2-5H,1H3/t10-/m0/s1. The van der Waals surface area contributed by atoms with E-state index in [2.05, 4.69) is 4.98 Å². The molecule has 1 heterocycles. The van der Waals surface area contributed by atoms with Gasteiger partial charge in [-0.15, -0.1) is 0 Å². The third-order valence-electron chi connectivity index (χ3n) is 0.960. The fraction of sp³-hybridized carbons (Fsp3) is 0.167. The van der Waals surface area contributed by atoms with Crippen LogP contribution in [-0.4, -0.2) is 15.4 Å². The topological polar surface area (TPSA) is 30.0 Å². The summed E-state index contributed by atoms with van der Waals surface area (Å²) in [6, 6.07) is 5.39. The van der Waals surface area contributed by atoms with E-state index in [0.29, 0.717) is 5.03 Å². The van der Waals surface area contributed by atoms with E-state index in [0.717, 1.165) is 0 Å². The molecule has 0 radical (unpaired) electrons. The normalized spacial score (nSPS) is 12.9. The highest BCUT2D eigenvalue weighted by molar-refractivity contribution is 8.68. The van der Waals surface area contributed by atoms with Crippen molar-refractivity contribution in [2.75, 3.05) is 6.26 Å². The molecule has 0 aliphatic rings. The van der Waals surface area contributed by atoms with Crippen LogP contribution in [0.25, 0.3) is 0 Å². The van der Waals surface area contributed by atoms with E-state index in [1.54, 1.807) is 24.6 Å². The highest BCUT2D eigenvalue weighted by Gasteiger charge is 1.99. The Bertz CT molecular complexity index is 224. The minimum atomic E-state index is -0.985. The largest absolute Gasteiger partial charge is 0.246 e. The van der Waals surface area contributed by atoms with Gasteiger partial charge in [-0.2, -0.15) is 0 Å².